The minimum Gasteiger partial charge on any atom is -0.462 e. The summed E-state index contributed by atoms with van der Waals surface area (Å²) in [4.78, 5) is 48.3. The Hall–Kier alpha value is -2.30. The van der Waals surface area contributed by atoms with Gasteiger partial charge in [0.25, 0.3) is 0 Å². The smallest absolute Gasteiger partial charge is 0.462 e. The van der Waals surface area contributed by atoms with Gasteiger partial charge >= 0.3 is 25.7 Å². The van der Waals surface area contributed by atoms with Gasteiger partial charge in [0.2, 0.25) is 0 Å². The molecule has 0 aliphatic rings. The Morgan fingerprint density at radius 3 is 1.20 bits per heavy atom. The molecule has 0 aromatic heterocycles. The van der Waals surface area contributed by atoms with Crippen molar-refractivity contribution in [2.75, 3.05) is 26.4 Å². The van der Waals surface area contributed by atoms with Gasteiger partial charge in [-0.1, -0.05) is 198 Å². The largest absolute Gasteiger partial charge is 0.472 e. The monoisotopic (exact) mass is 955 g/mol. The second-order valence-corrected chi connectivity index (χ2v) is 19.5. The molecule has 3 atom stereocenters. The first-order valence-corrected chi connectivity index (χ1v) is 28.4. The zero-order valence-electron chi connectivity index (χ0n) is 42.4. The molecule has 0 aliphatic carbocycles. The summed E-state index contributed by atoms with van der Waals surface area (Å²) in [5, 5.41) is 9.77. The highest BCUT2D eigenvalue weighted by molar-refractivity contribution is 7.47. The fourth-order valence-corrected chi connectivity index (χ4v) is 8.17. The average Bonchev–Trinajstić information content (AvgIpc) is 3.30. The predicted octanol–water partition coefficient (Wildman–Crippen LogP) is 15.3. The molecule has 0 radical (unpaired) electrons. The number of carbonyl (C=O) groups excluding carboxylic acids is 3. The summed E-state index contributed by atoms with van der Waals surface area (Å²) >= 11 is 0. The summed E-state index contributed by atoms with van der Waals surface area (Å²) in [6.07, 6.45) is 48.2. The molecule has 386 valence electrons. The lowest BCUT2D eigenvalue weighted by Crippen LogP contribution is -2.30. The second kappa shape index (κ2) is 49.1. The van der Waals surface area contributed by atoms with E-state index in [0.717, 1.165) is 103 Å². The Morgan fingerprint density at radius 1 is 0.424 bits per heavy atom. The van der Waals surface area contributed by atoms with Gasteiger partial charge in [0.1, 0.15) is 12.7 Å². The molecule has 12 heteroatoms. The van der Waals surface area contributed by atoms with Crippen molar-refractivity contribution in [3.8, 4) is 0 Å². The van der Waals surface area contributed by atoms with Gasteiger partial charge in [0.05, 0.1) is 19.8 Å². The lowest BCUT2D eigenvalue weighted by molar-refractivity contribution is -0.161. The number of phosphoric acid groups is 1. The van der Waals surface area contributed by atoms with Crippen LogP contribution in [0.4, 0.5) is 0 Å². The minimum absolute atomic E-state index is 0.157. The lowest BCUT2D eigenvalue weighted by Gasteiger charge is -2.21. The highest BCUT2D eigenvalue weighted by Crippen LogP contribution is 2.43. The third-order valence-electron chi connectivity index (χ3n) is 11.5. The van der Waals surface area contributed by atoms with E-state index in [1.165, 1.54) is 89.9 Å². The van der Waals surface area contributed by atoms with Crippen molar-refractivity contribution < 1.29 is 52.2 Å². The number of aliphatic hydroxyl groups excluding tert-OH is 1. The number of phosphoric ester groups is 1. The average molecular weight is 955 g/mol. The van der Waals surface area contributed by atoms with Crippen LogP contribution < -0.4 is 0 Å². The van der Waals surface area contributed by atoms with Crippen LogP contribution >= 0.6 is 7.82 Å². The van der Waals surface area contributed by atoms with Crippen molar-refractivity contribution in [1.82, 2.24) is 0 Å². The van der Waals surface area contributed by atoms with E-state index in [9.17, 15) is 28.9 Å². The highest BCUT2D eigenvalue weighted by Gasteiger charge is 2.28. The van der Waals surface area contributed by atoms with Crippen molar-refractivity contribution in [2.24, 2.45) is 0 Å². The van der Waals surface area contributed by atoms with Crippen molar-refractivity contribution in [3.63, 3.8) is 0 Å². The van der Waals surface area contributed by atoms with Gasteiger partial charge in [-0.2, -0.15) is 0 Å². The molecule has 0 aliphatic heterocycles. The van der Waals surface area contributed by atoms with Crippen LogP contribution in [0.1, 0.15) is 252 Å². The van der Waals surface area contributed by atoms with Crippen LogP contribution in [-0.2, 0) is 42.2 Å². The molecule has 0 saturated carbocycles. The molecular formula is C54H99O11P. The number of carbonyl (C=O) groups is 3. The Morgan fingerprint density at radius 2 is 0.773 bits per heavy atom. The summed E-state index contributed by atoms with van der Waals surface area (Å²) in [5.74, 6) is -1.48. The van der Waals surface area contributed by atoms with Crippen molar-refractivity contribution in [2.45, 2.75) is 264 Å². The SMILES string of the molecule is CCC/C=C\C/C=C\CCCCCCCC(=O)OCC(COP(=O)(O)OCC(CO)OC(=O)CCCCCCCCCCCCC)OC(=O)CCCCCCC/C=C\CCCCCCCC. The fraction of sp³-hybridized carbons (Fsp3) is 0.833. The summed E-state index contributed by atoms with van der Waals surface area (Å²) in [5.41, 5.74) is 0. The third kappa shape index (κ3) is 46.8. The number of rotatable bonds is 50. The van der Waals surface area contributed by atoms with E-state index in [1.807, 2.05) is 0 Å². The topological polar surface area (TPSA) is 155 Å². The molecule has 3 unspecified atom stereocenters. The normalized spacial score (nSPS) is 13.7. The predicted molar refractivity (Wildman–Crippen MR) is 270 cm³/mol. The molecule has 0 heterocycles. The maximum atomic E-state index is 12.8. The third-order valence-corrected chi connectivity index (χ3v) is 12.5. The Balaban J connectivity index is 4.75. The van der Waals surface area contributed by atoms with Crippen molar-refractivity contribution in [1.29, 1.82) is 0 Å². The zero-order valence-corrected chi connectivity index (χ0v) is 43.3. The number of hydrogen-bond acceptors (Lipinski definition) is 10. The standard InChI is InChI=1S/C54H99O11P/c1-4-7-10-13-16-19-22-24-25-27-30-33-36-39-42-45-54(58)65-51(47-61-52(56)43-40-37-34-31-29-26-23-20-17-14-11-8-5-2)49-63-66(59,60)62-48-50(46-55)64-53(57)44-41-38-35-32-28-21-18-15-12-9-6-3/h11,14,20,23-25,50-51,55H,4-10,12-13,15-19,21-22,26-49H2,1-3H3,(H,59,60)/b14-11-,23-20-,25-24-. The van der Waals surface area contributed by atoms with Crippen molar-refractivity contribution in [3.05, 3.63) is 36.5 Å². The Labute approximate surface area is 403 Å². The van der Waals surface area contributed by atoms with E-state index >= 15 is 0 Å². The number of esters is 3. The number of unbranched alkanes of at least 4 members (excludes halogenated alkanes) is 27. The van der Waals surface area contributed by atoms with Crippen LogP contribution in [0.15, 0.2) is 36.5 Å². The summed E-state index contributed by atoms with van der Waals surface area (Å²) in [7, 11) is -4.74. The van der Waals surface area contributed by atoms with E-state index in [2.05, 4.69) is 57.2 Å². The zero-order chi connectivity index (χ0) is 48.4. The van der Waals surface area contributed by atoms with E-state index in [0.29, 0.717) is 19.3 Å². The van der Waals surface area contributed by atoms with E-state index in [1.54, 1.807) is 0 Å². The molecule has 66 heavy (non-hydrogen) atoms. The molecule has 0 spiro atoms. The summed E-state index contributed by atoms with van der Waals surface area (Å²) in [6.45, 7) is 4.55. The van der Waals surface area contributed by atoms with Gasteiger partial charge in [-0.15, -0.1) is 0 Å². The molecule has 0 aromatic rings. The van der Waals surface area contributed by atoms with E-state index in [4.69, 9.17) is 23.3 Å². The van der Waals surface area contributed by atoms with Gasteiger partial charge in [0, 0.05) is 19.3 Å². The molecule has 0 aromatic carbocycles. The summed E-state index contributed by atoms with van der Waals surface area (Å²) < 4.78 is 39.4. The number of ether oxygens (including phenoxy) is 3. The quantitative estimate of drug-likeness (QED) is 0.0197. The lowest BCUT2D eigenvalue weighted by atomic mass is 10.1. The van der Waals surface area contributed by atoms with Gasteiger partial charge < -0.3 is 24.2 Å². The van der Waals surface area contributed by atoms with Crippen LogP contribution in [0.3, 0.4) is 0 Å². The van der Waals surface area contributed by atoms with Crippen LogP contribution in [-0.4, -0.2) is 66.5 Å². The molecule has 11 nitrogen and oxygen atoms in total. The molecule has 0 rings (SSSR count). The second-order valence-electron chi connectivity index (χ2n) is 18.0. The van der Waals surface area contributed by atoms with Crippen molar-refractivity contribution >= 4 is 25.7 Å². The van der Waals surface area contributed by atoms with Crippen LogP contribution in [0, 0.1) is 0 Å². The minimum atomic E-state index is -4.74. The highest BCUT2D eigenvalue weighted by atomic mass is 31.2. The fourth-order valence-electron chi connectivity index (χ4n) is 7.39. The van der Waals surface area contributed by atoms with Gasteiger partial charge in [-0.05, 0) is 70.6 Å². The molecule has 2 N–H and O–H groups in total. The first-order chi connectivity index (χ1) is 32.2. The molecule has 0 bridgehead atoms. The van der Waals surface area contributed by atoms with Crippen LogP contribution in [0.5, 0.6) is 0 Å². The van der Waals surface area contributed by atoms with E-state index < -0.39 is 57.8 Å². The Bertz CT molecular complexity index is 1250. The maximum Gasteiger partial charge on any atom is 0.472 e. The van der Waals surface area contributed by atoms with E-state index in [-0.39, 0.29) is 25.9 Å². The first-order valence-electron chi connectivity index (χ1n) is 26.9. The molecule has 0 fully saturated rings. The Kier molecular flexibility index (Phi) is 47.4. The first kappa shape index (κ1) is 63.7. The number of hydrogen-bond donors (Lipinski definition) is 2. The summed E-state index contributed by atoms with van der Waals surface area (Å²) in [6, 6.07) is 0. The van der Waals surface area contributed by atoms with Gasteiger partial charge in [0.15, 0.2) is 6.10 Å². The van der Waals surface area contributed by atoms with Crippen LogP contribution in [0.25, 0.3) is 0 Å². The maximum absolute atomic E-state index is 12.8. The molecule has 0 amide bonds. The van der Waals surface area contributed by atoms with Crippen LogP contribution in [0.2, 0.25) is 0 Å². The molecular weight excluding hydrogens is 856 g/mol. The van der Waals surface area contributed by atoms with Gasteiger partial charge in [-0.25, -0.2) is 4.57 Å². The van der Waals surface area contributed by atoms with Gasteiger partial charge in [-0.3, -0.25) is 23.4 Å². The molecule has 0 saturated heterocycles. The number of aliphatic hydroxyl groups is 1. The number of allylic oxidation sites excluding steroid dienone is 6.